The molecule has 3 aromatic rings. The standard InChI is InChI=1S/C24H26N2O4S/c27-24(25-14-16-30-22-13-12-19-7-4-5-8-20(19)17-22)21-9-6-15-26(18-21)31(28,29)23-10-2-1-3-11-23/h1-5,7-8,10-13,17,21H,6,9,14-16,18H2,(H,25,27)/t21-/m0/s1. The summed E-state index contributed by atoms with van der Waals surface area (Å²) in [4.78, 5) is 12.9. The molecule has 0 saturated carbocycles. The molecule has 0 spiro atoms. The van der Waals surface area contributed by atoms with Crippen molar-refractivity contribution < 1.29 is 17.9 Å². The summed E-state index contributed by atoms with van der Waals surface area (Å²) in [7, 11) is -3.58. The van der Waals surface area contributed by atoms with Crippen molar-refractivity contribution in [2.45, 2.75) is 17.7 Å². The lowest BCUT2D eigenvalue weighted by Gasteiger charge is -2.31. The van der Waals surface area contributed by atoms with Gasteiger partial charge in [0, 0.05) is 13.1 Å². The minimum atomic E-state index is -3.58. The number of piperidine rings is 1. The van der Waals surface area contributed by atoms with Gasteiger partial charge < -0.3 is 10.1 Å². The SMILES string of the molecule is O=C(NCCOc1ccc2ccccc2c1)[C@H]1CCCN(S(=O)(=O)c2ccccc2)C1. The summed E-state index contributed by atoms with van der Waals surface area (Å²) in [6.07, 6.45) is 1.34. The molecule has 1 aliphatic rings. The van der Waals surface area contributed by atoms with E-state index >= 15 is 0 Å². The van der Waals surface area contributed by atoms with Crippen LogP contribution in [0.25, 0.3) is 10.8 Å². The van der Waals surface area contributed by atoms with E-state index < -0.39 is 10.0 Å². The number of benzene rings is 3. The van der Waals surface area contributed by atoms with E-state index in [1.807, 2.05) is 42.5 Å². The Balaban J connectivity index is 1.28. The second kappa shape index (κ2) is 9.49. The van der Waals surface area contributed by atoms with Gasteiger partial charge in [-0.3, -0.25) is 4.79 Å². The molecule has 1 aliphatic heterocycles. The average molecular weight is 439 g/mol. The van der Waals surface area contributed by atoms with Crippen LogP contribution >= 0.6 is 0 Å². The number of nitrogens with one attached hydrogen (secondary N) is 1. The number of hydrogen-bond acceptors (Lipinski definition) is 4. The number of carbonyl (C=O) groups is 1. The van der Waals surface area contributed by atoms with E-state index in [0.717, 1.165) is 16.5 Å². The van der Waals surface area contributed by atoms with E-state index in [0.29, 0.717) is 32.5 Å². The summed E-state index contributed by atoms with van der Waals surface area (Å²) in [6, 6.07) is 22.3. The lowest BCUT2D eigenvalue weighted by molar-refractivity contribution is -0.126. The quantitative estimate of drug-likeness (QED) is 0.574. The second-order valence-electron chi connectivity index (χ2n) is 7.66. The molecule has 1 amide bonds. The summed E-state index contributed by atoms with van der Waals surface area (Å²) in [6.45, 7) is 1.36. The van der Waals surface area contributed by atoms with Crippen LogP contribution in [0.1, 0.15) is 12.8 Å². The normalized spacial score (nSPS) is 17.4. The maximum absolute atomic E-state index is 12.8. The highest BCUT2D eigenvalue weighted by atomic mass is 32.2. The maximum Gasteiger partial charge on any atom is 0.243 e. The Morgan fingerprint density at radius 2 is 1.74 bits per heavy atom. The number of fused-ring (bicyclic) bond motifs is 1. The number of hydrogen-bond donors (Lipinski definition) is 1. The molecule has 1 atom stereocenters. The number of sulfonamides is 1. The predicted octanol–water partition coefficient (Wildman–Crippen LogP) is 3.44. The first kappa shape index (κ1) is 21.3. The van der Waals surface area contributed by atoms with Gasteiger partial charge in [0.2, 0.25) is 15.9 Å². The first-order valence-electron chi connectivity index (χ1n) is 10.5. The highest BCUT2D eigenvalue weighted by Gasteiger charge is 2.33. The molecule has 1 N–H and O–H groups in total. The van der Waals surface area contributed by atoms with E-state index in [-0.39, 0.29) is 23.3 Å². The number of nitrogens with zero attached hydrogens (tertiary/aromatic N) is 1. The van der Waals surface area contributed by atoms with Gasteiger partial charge in [0.1, 0.15) is 12.4 Å². The lowest BCUT2D eigenvalue weighted by atomic mass is 9.99. The van der Waals surface area contributed by atoms with Crippen LogP contribution < -0.4 is 10.1 Å². The van der Waals surface area contributed by atoms with Crippen LogP contribution in [-0.4, -0.2) is 44.9 Å². The molecule has 31 heavy (non-hydrogen) atoms. The van der Waals surface area contributed by atoms with Gasteiger partial charge in [-0.1, -0.05) is 48.5 Å². The Kier molecular flexibility index (Phi) is 6.53. The van der Waals surface area contributed by atoms with Crippen molar-refractivity contribution in [1.29, 1.82) is 0 Å². The Bertz CT molecular complexity index is 1150. The third-order valence-corrected chi connectivity index (χ3v) is 7.41. The second-order valence-corrected chi connectivity index (χ2v) is 9.60. The zero-order chi connectivity index (χ0) is 21.7. The van der Waals surface area contributed by atoms with Crippen molar-refractivity contribution in [2.75, 3.05) is 26.2 Å². The van der Waals surface area contributed by atoms with Crippen molar-refractivity contribution >= 4 is 26.7 Å². The Labute approximate surface area is 182 Å². The molecule has 0 bridgehead atoms. The van der Waals surface area contributed by atoms with Gasteiger partial charge in [-0.05, 0) is 47.9 Å². The van der Waals surface area contributed by atoms with Crippen molar-refractivity contribution in [3.05, 3.63) is 72.8 Å². The van der Waals surface area contributed by atoms with Crippen molar-refractivity contribution in [2.24, 2.45) is 5.92 Å². The van der Waals surface area contributed by atoms with Gasteiger partial charge in [-0.15, -0.1) is 0 Å². The Morgan fingerprint density at radius 1 is 1.00 bits per heavy atom. The van der Waals surface area contributed by atoms with Crippen LogP contribution in [0.2, 0.25) is 0 Å². The van der Waals surface area contributed by atoms with Gasteiger partial charge in [-0.2, -0.15) is 4.31 Å². The largest absolute Gasteiger partial charge is 0.492 e. The van der Waals surface area contributed by atoms with Crippen LogP contribution in [0.15, 0.2) is 77.7 Å². The van der Waals surface area contributed by atoms with Gasteiger partial charge >= 0.3 is 0 Å². The Morgan fingerprint density at radius 3 is 2.55 bits per heavy atom. The van der Waals surface area contributed by atoms with Crippen molar-refractivity contribution in [3.8, 4) is 5.75 Å². The Hall–Kier alpha value is -2.90. The van der Waals surface area contributed by atoms with E-state index in [1.165, 1.54) is 4.31 Å². The van der Waals surface area contributed by atoms with Gasteiger partial charge in [0.05, 0.1) is 17.4 Å². The molecule has 6 nitrogen and oxygen atoms in total. The van der Waals surface area contributed by atoms with Gasteiger partial charge in [0.25, 0.3) is 0 Å². The average Bonchev–Trinajstić information content (AvgIpc) is 2.82. The van der Waals surface area contributed by atoms with Crippen molar-refractivity contribution in [1.82, 2.24) is 9.62 Å². The fourth-order valence-corrected chi connectivity index (χ4v) is 5.41. The molecule has 0 aliphatic carbocycles. The number of rotatable bonds is 7. The molecule has 0 unspecified atom stereocenters. The van der Waals surface area contributed by atoms with Crippen LogP contribution in [0.5, 0.6) is 5.75 Å². The fraction of sp³-hybridized carbons (Fsp3) is 0.292. The number of carbonyl (C=O) groups excluding carboxylic acids is 1. The minimum absolute atomic E-state index is 0.130. The van der Waals surface area contributed by atoms with E-state index in [1.54, 1.807) is 30.3 Å². The van der Waals surface area contributed by atoms with Gasteiger partial charge in [0.15, 0.2) is 0 Å². The van der Waals surface area contributed by atoms with Crippen LogP contribution in [0.3, 0.4) is 0 Å². The van der Waals surface area contributed by atoms with Crippen LogP contribution in [0, 0.1) is 5.92 Å². The van der Waals surface area contributed by atoms with Gasteiger partial charge in [-0.25, -0.2) is 8.42 Å². The number of amides is 1. The van der Waals surface area contributed by atoms with Crippen LogP contribution in [-0.2, 0) is 14.8 Å². The molecular formula is C24H26N2O4S. The fourth-order valence-electron chi connectivity index (χ4n) is 3.86. The maximum atomic E-state index is 12.8. The zero-order valence-corrected chi connectivity index (χ0v) is 18.1. The first-order chi connectivity index (χ1) is 15.0. The molecule has 162 valence electrons. The highest BCUT2D eigenvalue weighted by molar-refractivity contribution is 7.89. The van der Waals surface area contributed by atoms with E-state index in [2.05, 4.69) is 5.32 Å². The van der Waals surface area contributed by atoms with Crippen molar-refractivity contribution in [3.63, 3.8) is 0 Å². The molecule has 0 radical (unpaired) electrons. The smallest absolute Gasteiger partial charge is 0.243 e. The topological polar surface area (TPSA) is 75.7 Å². The first-order valence-corrected chi connectivity index (χ1v) is 11.9. The molecule has 0 aromatic heterocycles. The summed E-state index contributed by atoms with van der Waals surface area (Å²) in [5.41, 5.74) is 0. The summed E-state index contributed by atoms with van der Waals surface area (Å²) in [5, 5.41) is 5.14. The van der Waals surface area contributed by atoms with E-state index in [9.17, 15) is 13.2 Å². The molecule has 1 heterocycles. The predicted molar refractivity (Wildman–Crippen MR) is 120 cm³/mol. The third kappa shape index (κ3) is 5.06. The number of ether oxygens (including phenoxy) is 1. The molecule has 1 fully saturated rings. The molecule has 3 aromatic carbocycles. The molecule has 1 saturated heterocycles. The zero-order valence-electron chi connectivity index (χ0n) is 17.2. The minimum Gasteiger partial charge on any atom is -0.492 e. The molecular weight excluding hydrogens is 412 g/mol. The molecule has 4 rings (SSSR count). The summed E-state index contributed by atoms with van der Waals surface area (Å²) < 4.78 is 32.9. The van der Waals surface area contributed by atoms with Crippen LogP contribution in [0.4, 0.5) is 0 Å². The lowest BCUT2D eigenvalue weighted by Crippen LogP contribution is -2.45. The van der Waals surface area contributed by atoms with E-state index in [4.69, 9.17) is 4.74 Å². The summed E-state index contributed by atoms with van der Waals surface area (Å²) >= 11 is 0. The third-order valence-electron chi connectivity index (χ3n) is 5.53. The monoisotopic (exact) mass is 438 g/mol. The highest BCUT2D eigenvalue weighted by Crippen LogP contribution is 2.24. The molecule has 7 heteroatoms. The summed E-state index contributed by atoms with van der Waals surface area (Å²) in [5.74, 6) is 0.272.